The van der Waals surface area contributed by atoms with Gasteiger partial charge in [0.1, 0.15) is 0 Å². The van der Waals surface area contributed by atoms with Crippen molar-refractivity contribution in [3.63, 3.8) is 0 Å². The van der Waals surface area contributed by atoms with Gasteiger partial charge in [0.05, 0.1) is 0 Å². The largest absolute Gasteiger partial charge is 0.316 e. The summed E-state index contributed by atoms with van der Waals surface area (Å²) in [6, 6.07) is 17.4. The lowest BCUT2D eigenvalue weighted by atomic mass is 10.0. The van der Waals surface area contributed by atoms with Crippen molar-refractivity contribution in [3.05, 3.63) is 59.1 Å². The highest BCUT2D eigenvalue weighted by molar-refractivity contribution is 6.33. The summed E-state index contributed by atoms with van der Waals surface area (Å²) in [6.07, 6.45) is 1.24. The molecule has 1 fully saturated rings. The van der Waals surface area contributed by atoms with E-state index in [4.69, 9.17) is 11.6 Å². The van der Waals surface area contributed by atoms with E-state index in [0.29, 0.717) is 12.0 Å². The average Bonchev–Trinajstić information content (AvgIpc) is 3.19. The number of likely N-dealkylation sites (N-methyl/N-ethyl adjacent to an activating group) is 1. The van der Waals surface area contributed by atoms with Crippen LogP contribution in [0.4, 0.5) is 0 Å². The lowest BCUT2D eigenvalue weighted by Gasteiger charge is -2.07. The van der Waals surface area contributed by atoms with Gasteiger partial charge in [-0.15, -0.1) is 0 Å². The summed E-state index contributed by atoms with van der Waals surface area (Å²) >= 11 is 6.25. The van der Waals surface area contributed by atoms with E-state index in [1.54, 1.807) is 0 Å². The van der Waals surface area contributed by atoms with Crippen LogP contribution in [0.3, 0.4) is 0 Å². The second-order valence-corrected chi connectivity index (χ2v) is 5.25. The molecule has 0 aliphatic heterocycles. The number of hydrogen-bond donors (Lipinski definition) is 1. The number of hydrogen-bond acceptors (Lipinski definition) is 1. The Morgan fingerprint density at radius 2 is 1.94 bits per heavy atom. The number of benzene rings is 2. The van der Waals surface area contributed by atoms with Crippen molar-refractivity contribution in [2.24, 2.45) is 0 Å². The van der Waals surface area contributed by atoms with Crippen molar-refractivity contribution in [1.29, 1.82) is 0 Å². The maximum absolute atomic E-state index is 6.25. The van der Waals surface area contributed by atoms with Gasteiger partial charge in [-0.1, -0.05) is 54.1 Å². The predicted octanol–water partition coefficient (Wildman–Crippen LogP) is 4.08. The fourth-order valence-electron chi connectivity index (χ4n) is 2.51. The molecule has 0 amide bonds. The van der Waals surface area contributed by atoms with Crippen LogP contribution in [0.5, 0.6) is 0 Å². The van der Waals surface area contributed by atoms with Crippen LogP contribution >= 0.6 is 11.6 Å². The van der Waals surface area contributed by atoms with Crippen LogP contribution in [-0.4, -0.2) is 13.1 Å². The fourth-order valence-corrected chi connectivity index (χ4v) is 2.76. The first-order chi connectivity index (χ1) is 8.79. The molecule has 2 heteroatoms. The Morgan fingerprint density at radius 1 is 1.11 bits per heavy atom. The monoisotopic (exact) mass is 257 g/mol. The number of rotatable bonds is 3. The van der Waals surface area contributed by atoms with Crippen LogP contribution in [-0.2, 0) is 0 Å². The van der Waals surface area contributed by atoms with Gasteiger partial charge in [-0.25, -0.2) is 0 Å². The maximum atomic E-state index is 6.25. The van der Waals surface area contributed by atoms with Gasteiger partial charge in [0.2, 0.25) is 0 Å². The molecule has 18 heavy (non-hydrogen) atoms. The molecular weight excluding hydrogens is 242 g/mol. The SMILES string of the molecule is CN[C@@H]1C[C@H]1c1cccc(-c2ccccc2Cl)c1. The van der Waals surface area contributed by atoms with Crippen LogP contribution in [0.2, 0.25) is 5.02 Å². The number of nitrogens with one attached hydrogen (secondary N) is 1. The Morgan fingerprint density at radius 3 is 2.67 bits per heavy atom. The van der Waals surface area contributed by atoms with E-state index in [1.807, 2.05) is 25.2 Å². The first-order valence-electron chi connectivity index (χ1n) is 6.31. The molecule has 0 radical (unpaired) electrons. The van der Waals surface area contributed by atoms with Crippen LogP contribution in [0.25, 0.3) is 11.1 Å². The van der Waals surface area contributed by atoms with Crippen molar-refractivity contribution < 1.29 is 0 Å². The molecule has 0 bridgehead atoms. The zero-order chi connectivity index (χ0) is 12.5. The van der Waals surface area contributed by atoms with E-state index in [1.165, 1.54) is 17.5 Å². The molecule has 1 N–H and O–H groups in total. The predicted molar refractivity (Wildman–Crippen MR) is 77.1 cm³/mol. The zero-order valence-electron chi connectivity index (χ0n) is 10.4. The molecule has 1 saturated carbocycles. The van der Waals surface area contributed by atoms with Gasteiger partial charge in [0.25, 0.3) is 0 Å². The minimum Gasteiger partial charge on any atom is -0.316 e. The van der Waals surface area contributed by atoms with Gasteiger partial charge in [-0.05, 0) is 30.7 Å². The van der Waals surface area contributed by atoms with Crippen molar-refractivity contribution in [2.45, 2.75) is 18.4 Å². The molecule has 1 nitrogen and oxygen atoms in total. The molecule has 2 atom stereocenters. The van der Waals surface area contributed by atoms with Crippen LogP contribution in [0.15, 0.2) is 48.5 Å². The smallest absolute Gasteiger partial charge is 0.0484 e. The van der Waals surface area contributed by atoms with E-state index in [2.05, 4.69) is 35.6 Å². The zero-order valence-corrected chi connectivity index (χ0v) is 11.1. The molecule has 0 heterocycles. The van der Waals surface area contributed by atoms with Crippen molar-refractivity contribution in [3.8, 4) is 11.1 Å². The molecule has 0 unspecified atom stereocenters. The summed E-state index contributed by atoms with van der Waals surface area (Å²) in [5, 5.41) is 4.15. The van der Waals surface area contributed by atoms with Gasteiger partial charge in [-0.2, -0.15) is 0 Å². The van der Waals surface area contributed by atoms with Gasteiger partial charge >= 0.3 is 0 Å². The Hall–Kier alpha value is -1.31. The summed E-state index contributed by atoms with van der Waals surface area (Å²) in [6.45, 7) is 0. The van der Waals surface area contributed by atoms with Gasteiger partial charge < -0.3 is 5.32 Å². The third kappa shape index (κ3) is 2.16. The van der Waals surface area contributed by atoms with Crippen molar-refractivity contribution in [1.82, 2.24) is 5.32 Å². The first kappa shape index (κ1) is 11.8. The molecule has 0 aromatic heterocycles. The molecular formula is C16H16ClN. The van der Waals surface area contributed by atoms with E-state index in [-0.39, 0.29) is 0 Å². The molecule has 92 valence electrons. The summed E-state index contributed by atoms with van der Waals surface area (Å²) in [7, 11) is 2.03. The normalized spacial score (nSPS) is 21.9. The summed E-state index contributed by atoms with van der Waals surface area (Å²) in [5.41, 5.74) is 3.73. The topological polar surface area (TPSA) is 12.0 Å². The summed E-state index contributed by atoms with van der Waals surface area (Å²) in [5.74, 6) is 0.664. The maximum Gasteiger partial charge on any atom is 0.0484 e. The van der Waals surface area contributed by atoms with Gasteiger partial charge in [0.15, 0.2) is 0 Å². The molecule has 0 spiro atoms. The Labute approximate surface area is 113 Å². The average molecular weight is 258 g/mol. The minimum absolute atomic E-state index is 0.645. The van der Waals surface area contributed by atoms with E-state index >= 15 is 0 Å². The highest BCUT2D eigenvalue weighted by Gasteiger charge is 2.36. The van der Waals surface area contributed by atoms with E-state index < -0.39 is 0 Å². The van der Waals surface area contributed by atoms with E-state index in [9.17, 15) is 0 Å². The van der Waals surface area contributed by atoms with Crippen LogP contribution in [0.1, 0.15) is 17.9 Å². The molecule has 1 aliphatic rings. The second-order valence-electron chi connectivity index (χ2n) is 4.84. The quantitative estimate of drug-likeness (QED) is 0.874. The minimum atomic E-state index is 0.645. The van der Waals surface area contributed by atoms with E-state index in [0.717, 1.165) is 10.6 Å². The third-order valence-corrected chi connectivity index (χ3v) is 3.99. The first-order valence-corrected chi connectivity index (χ1v) is 6.69. The third-order valence-electron chi connectivity index (χ3n) is 3.66. The summed E-state index contributed by atoms with van der Waals surface area (Å²) in [4.78, 5) is 0. The number of halogens is 1. The van der Waals surface area contributed by atoms with Crippen LogP contribution < -0.4 is 5.32 Å². The second kappa shape index (κ2) is 4.75. The Bertz CT molecular complexity index is 565. The van der Waals surface area contributed by atoms with Crippen LogP contribution in [0, 0.1) is 0 Å². The highest BCUT2D eigenvalue weighted by Crippen LogP contribution is 2.41. The Kier molecular flexibility index (Phi) is 3.11. The van der Waals surface area contributed by atoms with Gasteiger partial charge in [0, 0.05) is 22.5 Å². The summed E-state index contributed by atoms with van der Waals surface area (Å²) < 4.78 is 0. The van der Waals surface area contributed by atoms with Crippen molar-refractivity contribution in [2.75, 3.05) is 7.05 Å². The molecule has 2 aromatic carbocycles. The molecule has 3 rings (SSSR count). The molecule has 0 saturated heterocycles. The molecule has 1 aliphatic carbocycles. The fraction of sp³-hybridized carbons (Fsp3) is 0.250. The van der Waals surface area contributed by atoms with Gasteiger partial charge in [-0.3, -0.25) is 0 Å². The molecule has 2 aromatic rings. The Balaban J connectivity index is 1.95. The highest BCUT2D eigenvalue weighted by atomic mass is 35.5. The van der Waals surface area contributed by atoms with Crippen molar-refractivity contribution >= 4 is 11.6 Å². The standard InChI is InChI=1S/C16H16ClN/c1-18-16-10-14(16)12-6-4-5-11(9-12)13-7-2-3-8-15(13)17/h2-9,14,16,18H,10H2,1H3/t14-,16+/m0/s1. The lowest BCUT2D eigenvalue weighted by Crippen LogP contribution is -2.10. The lowest BCUT2D eigenvalue weighted by molar-refractivity contribution is 0.784.